The van der Waals surface area contributed by atoms with Crippen LogP contribution in [0.4, 0.5) is 13.2 Å². The molecule has 0 aliphatic carbocycles. The van der Waals surface area contributed by atoms with Crippen LogP contribution in [0.25, 0.3) is 0 Å². The zero-order valence-corrected chi connectivity index (χ0v) is 11.6. The Labute approximate surface area is 119 Å². The van der Waals surface area contributed by atoms with Crippen LogP contribution in [-0.4, -0.2) is 18.6 Å². The molecule has 1 aromatic carbocycles. The van der Waals surface area contributed by atoms with Gasteiger partial charge in [0, 0.05) is 10.9 Å². The molecule has 0 unspecified atom stereocenters. The van der Waals surface area contributed by atoms with E-state index in [1.165, 1.54) is 31.4 Å². The molecule has 8 heteroatoms. The molecule has 0 aliphatic rings. The summed E-state index contributed by atoms with van der Waals surface area (Å²) in [6.45, 7) is 0. The Morgan fingerprint density at radius 2 is 1.89 bits per heavy atom. The predicted octanol–water partition coefficient (Wildman–Crippen LogP) is 3.28. The molecule has 0 saturated carbocycles. The maximum atomic E-state index is 12.1. The van der Waals surface area contributed by atoms with Gasteiger partial charge in [0.15, 0.2) is 0 Å². The third-order valence-electron chi connectivity index (χ3n) is 2.16. The first-order valence-electron chi connectivity index (χ1n) is 5.00. The van der Waals surface area contributed by atoms with Gasteiger partial charge in [0.25, 0.3) is 0 Å². The van der Waals surface area contributed by atoms with E-state index in [0.29, 0.717) is 5.56 Å². The van der Waals surface area contributed by atoms with Crippen molar-refractivity contribution in [1.82, 2.24) is 0 Å². The summed E-state index contributed by atoms with van der Waals surface area (Å²) >= 11 is -0.193. The molecule has 1 atom stereocenters. The average molecular weight is 316 g/mol. The Morgan fingerprint density at radius 1 is 1.37 bits per heavy atom. The lowest BCUT2D eigenvalue weighted by Gasteiger charge is -2.11. The zero-order valence-electron chi connectivity index (χ0n) is 9.94. The van der Waals surface area contributed by atoms with Crippen molar-refractivity contribution in [3.05, 3.63) is 29.8 Å². The van der Waals surface area contributed by atoms with Gasteiger partial charge in [-0.3, -0.25) is 4.79 Å². The van der Waals surface area contributed by atoms with E-state index < -0.39 is 17.5 Å². The highest BCUT2D eigenvalue weighted by Crippen LogP contribution is 2.37. The van der Waals surface area contributed by atoms with Crippen molar-refractivity contribution in [1.29, 1.82) is 0 Å². The average Bonchev–Trinajstić information content (AvgIpc) is 2.27. The molecule has 0 saturated heterocycles. The lowest BCUT2D eigenvalue weighted by molar-refractivity contribution is -0.141. The maximum absolute atomic E-state index is 12.1. The topological polar surface area (TPSA) is 52.3 Å². The molecule has 19 heavy (non-hydrogen) atoms. The number of esters is 1. The van der Waals surface area contributed by atoms with Gasteiger partial charge in [-0.05, 0) is 29.5 Å². The molecular formula is C11H13ClF3NO2S. The molecule has 0 amide bonds. The highest BCUT2D eigenvalue weighted by Gasteiger charge is 2.29. The van der Waals surface area contributed by atoms with Crippen LogP contribution in [0.3, 0.4) is 0 Å². The molecule has 3 nitrogen and oxygen atoms in total. The van der Waals surface area contributed by atoms with E-state index >= 15 is 0 Å². The van der Waals surface area contributed by atoms with E-state index in [1.807, 2.05) is 0 Å². The monoisotopic (exact) mass is 315 g/mol. The van der Waals surface area contributed by atoms with E-state index in [-0.39, 0.29) is 35.5 Å². The summed E-state index contributed by atoms with van der Waals surface area (Å²) in [6.07, 6.45) is -0.0116. The van der Waals surface area contributed by atoms with Crippen molar-refractivity contribution in [3.63, 3.8) is 0 Å². The molecule has 0 fully saturated rings. The second-order valence-corrected chi connectivity index (χ2v) is 4.64. The van der Waals surface area contributed by atoms with E-state index in [9.17, 15) is 18.0 Å². The van der Waals surface area contributed by atoms with Gasteiger partial charge >= 0.3 is 11.5 Å². The van der Waals surface area contributed by atoms with E-state index in [4.69, 9.17) is 5.73 Å². The first-order valence-corrected chi connectivity index (χ1v) is 5.81. The third-order valence-corrected chi connectivity index (χ3v) is 2.90. The molecule has 0 aliphatic heterocycles. The van der Waals surface area contributed by atoms with Crippen LogP contribution in [0.15, 0.2) is 29.2 Å². The number of thioether (sulfide) groups is 1. The summed E-state index contributed by atoms with van der Waals surface area (Å²) in [5.74, 6) is -0.462. The Balaban J connectivity index is 0.00000324. The number of alkyl halides is 3. The largest absolute Gasteiger partial charge is 0.469 e. The van der Waals surface area contributed by atoms with E-state index in [2.05, 4.69) is 4.74 Å². The molecule has 0 spiro atoms. The minimum Gasteiger partial charge on any atom is -0.469 e. The normalized spacial score (nSPS) is 12.5. The number of benzene rings is 1. The van der Waals surface area contributed by atoms with Gasteiger partial charge in [-0.25, -0.2) is 0 Å². The number of hydrogen-bond acceptors (Lipinski definition) is 4. The van der Waals surface area contributed by atoms with Gasteiger partial charge < -0.3 is 10.5 Å². The van der Waals surface area contributed by atoms with Crippen LogP contribution < -0.4 is 5.73 Å². The van der Waals surface area contributed by atoms with Crippen LogP contribution in [0.1, 0.15) is 18.0 Å². The number of nitrogens with two attached hydrogens (primary N) is 1. The smallest absolute Gasteiger partial charge is 0.446 e. The molecule has 0 bridgehead atoms. The number of carbonyl (C=O) groups is 1. The quantitative estimate of drug-likeness (QED) is 0.684. The summed E-state index contributed by atoms with van der Waals surface area (Å²) in [4.78, 5) is 11.1. The third kappa shape index (κ3) is 6.70. The van der Waals surface area contributed by atoms with Gasteiger partial charge in [-0.2, -0.15) is 13.2 Å². The molecule has 0 heterocycles. The van der Waals surface area contributed by atoms with Gasteiger partial charge in [0.1, 0.15) is 0 Å². The highest BCUT2D eigenvalue weighted by molar-refractivity contribution is 8.00. The molecule has 2 N–H and O–H groups in total. The zero-order chi connectivity index (χ0) is 13.8. The van der Waals surface area contributed by atoms with Crippen LogP contribution in [0.2, 0.25) is 0 Å². The lowest BCUT2D eigenvalue weighted by atomic mass is 10.1. The van der Waals surface area contributed by atoms with Gasteiger partial charge in [0.2, 0.25) is 0 Å². The predicted molar refractivity (Wildman–Crippen MR) is 69.2 cm³/mol. The highest BCUT2D eigenvalue weighted by atomic mass is 35.5. The SMILES string of the molecule is COC(=O)C[C@H](N)c1ccc(SC(F)(F)F)cc1.Cl. The number of carbonyl (C=O) groups excluding carboxylic acids is 1. The number of hydrogen-bond donors (Lipinski definition) is 1. The maximum Gasteiger partial charge on any atom is 0.446 e. The van der Waals surface area contributed by atoms with Crippen molar-refractivity contribution < 1.29 is 22.7 Å². The fraction of sp³-hybridized carbons (Fsp3) is 0.364. The minimum absolute atomic E-state index is 0. The van der Waals surface area contributed by atoms with Crippen molar-refractivity contribution in [3.8, 4) is 0 Å². The lowest BCUT2D eigenvalue weighted by Crippen LogP contribution is -2.16. The van der Waals surface area contributed by atoms with Crippen LogP contribution >= 0.6 is 24.2 Å². The number of halogens is 4. The van der Waals surface area contributed by atoms with Crippen molar-refractivity contribution >= 4 is 30.1 Å². The summed E-state index contributed by atoms with van der Waals surface area (Å²) in [6, 6.07) is 5.01. The van der Waals surface area contributed by atoms with Crippen molar-refractivity contribution in [2.75, 3.05) is 7.11 Å². The van der Waals surface area contributed by atoms with Gasteiger partial charge in [-0.15, -0.1) is 12.4 Å². The molecule has 1 rings (SSSR count). The minimum atomic E-state index is -4.31. The van der Waals surface area contributed by atoms with Gasteiger partial charge in [-0.1, -0.05) is 12.1 Å². The fourth-order valence-electron chi connectivity index (χ4n) is 1.30. The summed E-state index contributed by atoms with van der Waals surface area (Å²) in [7, 11) is 1.25. The second kappa shape index (κ2) is 7.62. The number of rotatable bonds is 4. The summed E-state index contributed by atoms with van der Waals surface area (Å²) < 4.78 is 40.7. The first-order chi connectivity index (χ1) is 8.31. The Bertz CT molecular complexity index is 411. The Hall–Kier alpha value is -0.920. The van der Waals surface area contributed by atoms with E-state index in [1.54, 1.807) is 0 Å². The standard InChI is InChI=1S/C11H12F3NO2S.ClH/c1-17-10(16)6-9(15)7-2-4-8(5-3-7)18-11(12,13)14;/h2-5,9H,6,15H2,1H3;1H/t9-;/m0./s1. The second-order valence-electron chi connectivity index (χ2n) is 3.50. The van der Waals surface area contributed by atoms with Crippen LogP contribution in [0, 0.1) is 0 Å². The Morgan fingerprint density at radius 3 is 2.32 bits per heavy atom. The molecule has 0 aromatic heterocycles. The fourth-order valence-corrected chi connectivity index (χ4v) is 1.84. The summed E-state index contributed by atoms with van der Waals surface area (Å²) in [5, 5.41) is 0. The molecule has 1 aromatic rings. The number of methoxy groups -OCH3 is 1. The van der Waals surface area contributed by atoms with Gasteiger partial charge in [0.05, 0.1) is 13.5 Å². The van der Waals surface area contributed by atoms with Crippen LogP contribution in [0.5, 0.6) is 0 Å². The molecule has 0 radical (unpaired) electrons. The van der Waals surface area contributed by atoms with E-state index in [0.717, 1.165) is 0 Å². The first kappa shape index (κ1) is 18.1. The van der Waals surface area contributed by atoms with Crippen molar-refractivity contribution in [2.24, 2.45) is 5.73 Å². The van der Waals surface area contributed by atoms with Crippen LogP contribution in [-0.2, 0) is 9.53 Å². The summed E-state index contributed by atoms with van der Waals surface area (Å²) in [5.41, 5.74) is 2.00. The number of ether oxygens (including phenoxy) is 1. The Kier molecular flexibility index (Phi) is 7.25. The van der Waals surface area contributed by atoms with Crippen molar-refractivity contribution in [2.45, 2.75) is 22.9 Å². The molecule has 108 valence electrons. The molecular weight excluding hydrogens is 303 g/mol.